The Hall–Kier alpha value is -0.553. The molecule has 0 aliphatic carbocycles. The third-order valence-corrected chi connectivity index (χ3v) is 4.68. The molecule has 0 amide bonds. The molecule has 0 nitrogen and oxygen atoms in total. The lowest BCUT2D eigenvalue weighted by Gasteiger charge is -2.41. The molecule has 0 aliphatic heterocycles. The van der Waals surface area contributed by atoms with Gasteiger partial charge in [-0.25, -0.2) is 8.78 Å². The van der Waals surface area contributed by atoms with Gasteiger partial charge in [0.2, 0.25) is 0 Å². The van der Waals surface area contributed by atoms with E-state index < -0.39 is 37.6 Å². The summed E-state index contributed by atoms with van der Waals surface area (Å²) >= 11 is 0. The predicted octanol–water partition coefficient (Wildman–Crippen LogP) is 4.97. The van der Waals surface area contributed by atoms with Gasteiger partial charge in [0.25, 0.3) is 5.55 Å². The van der Waals surface area contributed by atoms with E-state index in [0.29, 0.717) is 19.6 Å². The Bertz CT molecular complexity index is 326. The Kier molecular flexibility index (Phi) is 4.35. The summed E-state index contributed by atoms with van der Waals surface area (Å²) in [4.78, 5) is 0. The monoisotopic (exact) mass is 342 g/mol. The molecule has 0 heterocycles. The molecular weight excluding hydrogens is 333 g/mol. The van der Waals surface area contributed by atoms with Crippen molar-refractivity contribution in [3.05, 3.63) is 0 Å². The third kappa shape index (κ3) is 2.39. The van der Waals surface area contributed by atoms with Crippen molar-refractivity contribution in [2.24, 2.45) is 0 Å². The summed E-state index contributed by atoms with van der Waals surface area (Å²) < 4.78 is 138. The van der Waals surface area contributed by atoms with Crippen LogP contribution in [0.1, 0.15) is 0 Å². The standard InChI is InChI=1S/C8H9F11Si/c1-20(2,3)8(18,19)6(13,14)4(9,10)5(11,12)7(15,16)17/h1-3H3. The third-order valence-electron chi connectivity index (χ3n) is 2.48. The number of hydrogen-bond donors (Lipinski definition) is 0. The van der Waals surface area contributed by atoms with E-state index in [4.69, 9.17) is 0 Å². The Morgan fingerprint density at radius 3 is 1.00 bits per heavy atom. The Morgan fingerprint density at radius 2 is 0.800 bits per heavy atom. The molecule has 0 N–H and O–H groups in total. The fraction of sp³-hybridized carbons (Fsp3) is 1.00. The topological polar surface area (TPSA) is 0 Å². The summed E-state index contributed by atoms with van der Waals surface area (Å²) in [6.45, 7) is 1.30. The lowest BCUT2D eigenvalue weighted by Crippen LogP contribution is -2.71. The van der Waals surface area contributed by atoms with Crippen molar-refractivity contribution in [3.63, 3.8) is 0 Å². The van der Waals surface area contributed by atoms with Crippen LogP contribution in [-0.2, 0) is 0 Å². The first kappa shape index (κ1) is 19.4. The number of halogens is 11. The maximum Gasteiger partial charge on any atom is 0.460 e. The molecule has 0 atom stereocenters. The number of hydrogen-bond acceptors (Lipinski definition) is 0. The minimum Gasteiger partial charge on any atom is -0.205 e. The Labute approximate surface area is 106 Å². The molecule has 122 valence electrons. The molecule has 0 rings (SSSR count). The summed E-state index contributed by atoms with van der Waals surface area (Å²) in [5, 5.41) is 0. The summed E-state index contributed by atoms with van der Waals surface area (Å²) in [5.41, 5.74) is -5.68. The first-order valence-electron chi connectivity index (χ1n) is 4.83. The summed E-state index contributed by atoms with van der Waals surface area (Å²) in [6.07, 6.45) is -7.10. The molecular formula is C8H9F11Si. The van der Waals surface area contributed by atoms with Crippen LogP contribution in [0.4, 0.5) is 48.3 Å². The minimum absolute atomic E-state index is 0.433. The maximum atomic E-state index is 13.3. The van der Waals surface area contributed by atoms with E-state index >= 15 is 0 Å². The van der Waals surface area contributed by atoms with Crippen molar-refractivity contribution in [3.8, 4) is 0 Å². The largest absolute Gasteiger partial charge is 0.460 e. The molecule has 0 saturated carbocycles. The van der Waals surface area contributed by atoms with Gasteiger partial charge >= 0.3 is 23.9 Å². The van der Waals surface area contributed by atoms with Crippen molar-refractivity contribution < 1.29 is 48.3 Å². The van der Waals surface area contributed by atoms with Crippen LogP contribution in [0.2, 0.25) is 19.6 Å². The summed E-state index contributed by atoms with van der Waals surface area (Å²) in [7, 11) is -4.53. The van der Waals surface area contributed by atoms with Crippen LogP contribution in [0, 0.1) is 0 Å². The average Bonchev–Trinajstić information content (AvgIpc) is 2.12. The van der Waals surface area contributed by atoms with E-state index in [-0.39, 0.29) is 0 Å². The first-order valence-corrected chi connectivity index (χ1v) is 8.33. The Morgan fingerprint density at radius 1 is 0.500 bits per heavy atom. The van der Waals surface area contributed by atoms with Gasteiger partial charge in [0.15, 0.2) is 0 Å². The van der Waals surface area contributed by atoms with E-state index in [1.807, 2.05) is 0 Å². The van der Waals surface area contributed by atoms with Crippen molar-refractivity contribution >= 4 is 8.07 Å². The average molecular weight is 342 g/mol. The zero-order chi connectivity index (χ0) is 17.0. The normalized spacial score (nSPS) is 16.5. The van der Waals surface area contributed by atoms with Crippen molar-refractivity contribution in [1.82, 2.24) is 0 Å². The molecule has 0 spiro atoms. The molecule has 20 heavy (non-hydrogen) atoms. The molecule has 0 saturated heterocycles. The highest BCUT2D eigenvalue weighted by Gasteiger charge is 2.88. The smallest absolute Gasteiger partial charge is 0.205 e. The highest BCUT2D eigenvalue weighted by Crippen LogP contribution is 2.58. The molecule has 0 aromatic carbocycles. The van der Waals surface area contributed by atoms with Crippen LogP contribution >= 0.6 is 0 Å². The van der Waals surface area contributed by atoms with Crippen molar-refractivity contribution in [2.75, 3.05) is 0 Å². The molecule has 0 aromatic heterocycles. The molecule has 0 fully saturated rings. The molecule has 12 heteroatoms. The van der Waals surface area contributed by atoms with Gasteiger partial charge in [-0.05, 0) is 0 Å². The van der Waals surface area contributed by atoms with E-state index in [1.54, 1.807) is 0 Å². The first-order chi connectivity index (χ1) is 8.25. The Balaban J connectivity index is 6.08. The van der Waals surface area contributed by atoms with Gasteiger partial charge in [-0.2, -0.15) is 39.5 Å². The van der Waals surface area contributed by atoms with Crippen LogP contribution in [0.5, 0.6) is 0 Å². The molecule has 0 radical (unpaired) electrons. The van der Waals surface area contributed by atoms with E-state index in [1.165, 1.54) is 0 Å². The van der Waals surface area contributed by atoms with Crippen LogP contribution in [0.15, 0.2) is 0 Å². The fourth-order valence-corrected chi connectivity index (χ4v) is 2.14. The lowest BCUT2D eigenvalue weighted by molar-refractivity contribution is -0.414. The molecule has 0 aromatic rings. The highest BCUT2D eigenvalue weighted by molar-refractivity contribution is 6.78. The zero-order valence-electron chi connectivity index (χ0n) is 10.2. The van der Waals surface area contributed by atoms with Gasteiger partial charge < -0.3 is 0 Å². The highest BCUT2D eigenvalue weighted by atomic mass is 28.3. The van der Waals surface area contributed by atoms with Gasteiger partial charge in [0.05, 0.1) is 0 Å². The van der Waals surface area contributed by atoms with Crippen molar-refractivity contribution in [2.45, 2.75) is 49.1 Å². The second-order valence-corrected chi connectivity index (χ2v) is 10.2. The van der Waals surface area contributed by atoms with Gasteiger partial charge in [-0.3, -0.25) is 0 Å². The van der Waals surface area contributed by atoms with E-state index in [2.05, 4.69) is 0 Å². The fourth-order valence-electron chi connectivity index (χ4n) is 1.04. The van der Waals surface area contributed by atoms with Crippen molar-refractivity contribution in [1.29, 1.82) is 0 Å². The minimum atomic E-state index is -7.30. The molecule has 0 unspecified atom stereocenters. The number of alkyl halides is 11. The molecule has 0 aliphatic rings. The molecule has 0 bridgehead atoms. The van der Waals surface area contributed by atoms with Gasteiger partial charge in [-0.15, -0.1) is 0 Å². The quantitative estimate of drug-likeness (QED) is 0.500. The SMILES string of the molecule is C[Si](C)(C)C(F)(F)C(F)(F)C(F)(F)C(F)(F)C(F)(F)F. The summed E-state index contributed by atoms with van der Waals surface area (Å²) in [5.74, 6) is -21.4. The summed E-state index contributed by atoms with van der Waals surface area (Å²) in [6, 6.07) is 0. The maximum absolute atomic E-state index is 13.3. The van der Waals surface area contributed by atoms with E-state index in [0.717, 1.165) is 0 Å². The second kappa shape index (κ2) is 4.47. The van der Waals surface area contributed by atoms with Crippen LogP contribution < -0.4 is 0 Å². The van der Waals surface area contributed by atoms with Crippen LogP contribution in [0.25, 0.3) is 0 Å². The van der Waals surface area contributed by atoms with Gasteiger partial charge in [0, 0.05) is 0 Å². The second-order valence-electron chi connectivity index (χ2n) is 5.05. The zero-order valence-corrected chi connectivity index (χ0v) is 11.2. The lowest BCUT2D eigenvalue weighted by atomic mass is 10.0. The van der Waals surface area contributed by atoms with E-state index in [9.17, 15) is 48.3 Å². The van der Waals surface area contributed by atoms with Crippen LogP contribution in [-0.4, -0.2) is 37.6 Å². The predicted molar refractivity (Wildman–Crippen MR) is 49.2 cm³/mol. The van der Waals surface area contributed by atoms with Crippen LogP contribution in [0.3, 0.4) is 0 Å². The van der Waals surface area contributed by atoms with Gasteiger partial charge in [-0.1, -0.05) is 19.6 Å². The van der Waals surface area contributed by atoms with Gasteiger partial charge in [0.1, 0.15) is 8.07 Å². The number of rotatable bonds is 4.